The van der Waals surface area contributed by atoms with Crippen LogP contribution < -0.4 is 0 Å². The molecule has 1 atom stereocenters. The highest BCUT2D eigenvalue weighted by molar-refractivity contribution is 5.79. The molecule has 0 bridgehead atoms. The summed E-state index contributed by atoms with van der Waals surface area (Å²) in [4.78, 5) is 0. The van der Waals surface area contributed by atoms with Crippen LogP contribution in [0.1, 0.15) is 33.1 Å². The Labute approximate surface area is 98.1 Å². The molecule has 0 amide bonds. The lowest BCUT2D eigenvalue weighted by atomic mass is 10.0. The first-order valence-electron chi connectivity index (χ1n) is 6.35. The van der Waals surface area contributed by atoms with Crippen LogP contribution in [-0.4, -0.2) is 4.57 Å². The van der Waals surface area contributed by atoms with Crippen LogP contribution in [-0.2, 0) is 6.54 Å². The lowest BCUT2D eigenvalue weighted by Gasteiger charge is -2.11. The van der Waals surface area contributed by atoms with Crippen LogP contribution in [0.2, 0.25) is 0 Å². The largest absolute Gasteiger partial charge is 0.347 e. The predicted octanol–water partition coefficient (Wildman–Crippen LogP) is 4.47. The van der Waals surface area contributed by atoms with E-state index in [9.17, 15) is 0 Å². The zero-order chi connectivity index (χ0) is 11.4. The van der Waals surface area contributed by atoms with Gasteiger partial charge in [-0.2, -0.15) is 0 Å². The van der Waals surface area contributed by atoms with Crippen molar-refractivity contribution < 1.29 is 0 Å². The fraction of sp³-hybridized carbons (Fsp3) is 0.467. The fourth-order valence-electron chi connectivity index (χ4n) is 2.33. The van der Waals surface area contributed by atoms with Crippen molar-refractivity contribution in [2.75, 3.05) is 0 Å². The Balaban J connectivity index is 2.04. The van der Waals surface area contributed by atoms with Crippen molar-refractivity contribution in [3.63, 3.8) is 0 Å². The highest BCUT2D eigenvalue weighted by Crippen LogP contribution is 2.17. The highest BCUT2D eigenvalue weighted by atomic mass is 14.9. The number of aryl methyl sites for hydroxylation is 1. The molecular weight excluding hydrogens is 194 g/mol. The van der Waals surface area contributed by atoms with Crippen molar-refractivity contribution in [2.24, 2.45) is 5.92 Å². The Morgan fingerprint density at radius 3 is 2.75 bits per heavy atom. The molecule has 86 valence electrons. The second-order valence-electron chi connectivity index (χ2n) is 4.75. The number of para-hydroxylation sites is 1. The van der Waals surface area contributed by atoms with E-state index in [0.717, 1.165) is 12.5 Å². The second kappa shape index (κ2) is 5.20. The summed E-state index contributed by atoms with van der Waals surface area (Å²) in [5, 5.41) is 1.35. The van der Waals surface area contributed by atoms with E-state index < -0.39 is 0 Å². The van der Waals surface area contributed by atoms with E-state index in [1.54, 1.807) is 0 Å². The maximum atomic E-state index is 2.38. The van der Waals surface area contributed by atoms with Crippen LogP contribution in [0.25, 0.3) is 10.9 Å². The Bertz CT molecular complexity index is 441. The third-order valence-electron chi connectivity index (χ3n) is 3.32. The van der Waals surface area contributed by atoms with Crippen LogP contribution in [0, 0.1) is 5.92 Å². The molecule has 1 aromatic heterocycles. The van der Waals surface area contributed by atoms with Crippen molar-refractivity contribution in [2.45, 2.75) is 39.7 Å². The van der Waals surface area contributed by atoms with E-state index in [0.29, 0.717) is 0 Å². The van der Waals surface area contributed by atoms with Gasteiger partial charge in [-0.1, -0.05) is 44.9 Å². The monoisotopic (exact) mass is 215 g/mol. The number of nitrogens with zero attached hydrogens (tertiary/aromatic N) is 1. The zero-order valence-electron chi connectivity index (χ0n) is 10.3. The van der Waals surface area contributed by atoms with Gasteiger partial charge >= 0.3 is 0 Å². The Kier molecular flexibility index (Phi) is 3.66. The van der Waals surface area contributed by atoms with Crippen LogP contribution in [0.5, 0.6) is 0 Å². The Morgan fingerprint density at radius 2 is 1.94 bits per heavy atom. The molecule has 0 aliphatic carbocycles. The van der Waals surface area contributed by atoms with E-state index in [1.807, 2.05) is 0 Å². The van der Waals surface area contributed by atoms with Gasteiger partial charge < -0.3 is 4.57 Å². The van der Waals surface area contributed by atoms with E-state index >= 15 is 0 Å². The van der Waals surface area contributed by atoms with Gasteiger partial charge in [-0.05, 0) is 29.9 Å². The number of benzene rings is 1. The predicted molar refractivity (Wildman–Crippen MR) is 70.6 cm³/mol. The summed E-state index contributed by atoms with van der Waals surface area (Å²) in [7, 11) is 0. The molecular formula is C15H21N. The molecule has 0 fully saturated rings. The van der Waals surface area contributed by atoms with Gasteiger partial charge in [-0.25, -0.2) is 0 Å². The van der Waals surface area contributed by atoms with Crippen LogP contribution in [0.4, 0.5) is 0 Å². The number of hydrogen-bond acceptors (Lipinski definition) is 0. The lowest BCUT2D eigenvalue weighted by Crippen LogP contribution is -2.02. The number of rotatable bonds is 5. The average Bonchev–Trinajstić information content (AvgIpc) is 2.70. The molecule has 0 radical (unpaired) electrons. The smallest absolute Gasteiger partial charge is 0.0480 e. The molecule has 0 aliphatic rings. The van der Waals surface area contributed by atoms with E-state index in [-0.39, 0.29) is 0 Å². The molecule has 1 heteroatoms. The first-order valence-corrected chi connectivity index (χ1v) is 6.35. The van der Waals surface area contributed by atoms with Gasteiger partial charge in [0.2, 0.25) is 0 Å². The maximum absolute atomic E-state index is 2.38. The molecule has 0 N–H and O–H groups in total. The second-order valence-corrected chi connectivity index (χ2v) is 4.75. The first-order chi connectivity index (χ1) is 7.81. The van der Waals surface area contributed by atoms with E-state index in [2.05, 4.69) is 54.9 Å². The van der Waals surface area contributed by atoms with Crippen molar-refractivity contribution in [3.8, 4) is 0 Å². The van der Waals surface area contributed by atoms with Gasteiger partial charge in [-0.15, -0.1) is 0 Å². The summed E-state index contributed by atoms with van der Waals surface area (Å²) >= 11 is 0. The standard InChI is InChI=1S/C15H21N/c1-3-6-13(2)9-11-16-12-10-14-7-4-5-8-15(14)16/h4-5,7-8,10,12-13H,3,6,9,11H2,1-2H3. The number of aromatic nitrogens is 1. The van der Waals surface area contributed by atoms with Gasteiger partial charge in [-0.3, -0.25) is 0 Å². The SMILES string of the molecule is CCCC(C)CCn1ccc2ccccc21. The topological polar surface area (TPSA) is 4.93 Å². The van der Waals surface area contributed by atoms with Gasteiger partial charge in [0.25, 0.3) is 0 Å². The number of fused-ring (bicyclic) bond motifs is 1. The number of hydrogen-bond donors (Lipinski definition) is 0. The highest BCUT2D eigenvalue weighted by Gasteiger charge is 2.03. The average molecular weight is 215 g/mol. The van der Waals surface area contributed by atoms with Crippen molar-refractivity contribution in [1.29, 1.82) is 0 Å². The Hall–Kier alpha value is -1.24. The van der Waals surface area contributed by atoms with E-state index in [4.69, 9.17) is 0 Å². The Morgan fingerprint density at radius 1 is 1.12 bits per heavy atom. The van der Waals surface area contributed by atoms with Crippen molar-refractivity contribution >= 4 is 10.9 Å². The fourth-order valence-corrected chi connectivity index (χ4v) is 2.33. The normalized spacial score (nSPS) is 13.1. The zero-order valence-corrected chi connectivity index (χ0v) is 10.3. The maximum Gasteiger partial charge on any atom is 0.0480 e. The van der Waals surface area contributed by atoms with Gasteiger partial charge in [0.05, 0.1) is 0 Å². The van der Waals surface area contributed by atoms with Crippen molar-refractivity contribution in [3.05, 3.63) is 36.5 Å². The van der Waals surface area contributed by atoms with Crippen LogP contribution >= 0.6 is 0 Å². The lowest BCUT2D eigenvalue weighted by molar-refractivity contribution is 0.452. The summed E-state index contributed by atoms with van der Waals surface area (Å²) < 4.78 is 2.38. The molecule has 1 nitrogen and oxygen atoms in total. The third kappa shape index (κ3) is 2.46. The molecule has 0 saturated carbocycles. The first kappa shape index (κ1) is 11.3. The molecule has 0 spiro atoms. The van der Waals surface area contributed by atoms with Gasteiger partial charge in [0.15, 0.2) is 0 Å². The quantitative estimate of drug-likeness (QED) is 0.693. The summed E-state index contributed by atoms with van der Waals surface area (Å²) in [5.74, 6) is 0.839. The molecule has 0 saturated heterocycles. The van der Waals surface area contributed by atoms with E-state index in [1.165, 1.54) is 30.2 Å². The molecule has 0 aliphatic heterocycles. The van der Waals surface area contributed by atoms with Gasteiger partial charge in [0.1, 0.15) is 0 Å². The minimum absolute atomic E-state index is 0.839. The third-order valence-corrected chi connectivity index (χ3v) is 3.32. The summed E-state index contributed by atoms with van der Waals surface area (Å²) in [6, 6.07) is 10.8. The summed E-state index contributed by atoms with van der Waals surface area (Å²) in [6.45, 7) is 5.77. The molecule has 16 heavy (non-hydrogen) atoms. The molecule has 1 heterocycles. The molecule has 1 aromatic carbocycles. The van der Waals surface area contributed by atoms with Crippen molar-refractivity contribution in [1.82, 2.24) is 4.57 Å². The molecule has 2 aromatic rings. The minimum Gasteiger partial charge on any atom is -0.347 e. The summed E-state index contributed by atoms with van der Waals surface area (Å²) in [6.07, 6.45) is 6.14. The minimum atomic E-state index is 0.839. The van der Waals surface area contributed by atoms with Crippen LogP contribution in [0.3, 0.4) is 0 Å². The van der Waals surface area contributed by atoms with Gasteiger partial charge in [0, 0.05) is 18.3 Å². The molecule has 1 unspecified atom stereocenters. The molecule has 2 rings (SSSR count). The van der Waals surface area contributed by atoms with Crippen LogP contribution in [0.15, 0.2) is 36.5 Å². The summed E-state index contributed by atoms with van der Waals surface area (Å²) in [5.41, 5.74) is 1.37.